The number of rotatable bonds is 0. The van der Waals surface area contributed by atoms with Crippen LogP contribution < -0.4 is 0 Å². The molecule has 0 nitrogen and oxygen atoms in total. The van der Waals surface area contributed by atoms with Crippen LogP contribution >= 0.6 is 0 Å². The summed E-state index contributed by atoms with van der Waals surface area (Å²) in [6, 6.07) is 0. The maximum absolute atomic E-state index is 2.42. The van der Waals surface area contributed by atoms with Gasteiger partial charge in [0.1, 0.15) is 0 Å². The summed E-state index contributed by atoms with van der Waals surface area (Å²) < 4.78 is 0. The fourth-order valence-corrected chi connectivity index (χ4v) is 1.70. The molecule has 1 unspecified atom stereocenters. The van der Waals surface area contributed by atoms with Crippen molar-refractivity contribution in [2.24, 2.45) is 11.3 Å². The highest BCUT2D eigenvalue weighted by atomic mass is 14.3. The molecule has 0 aliphatic heterocycles. The number of allylic oxidation sites excluding steroid dienone is 2. The molecule has 0 amide bonds. The molecule has 1 rings (SSSR count). The summed E-state index contributed by atoms with van der Waals surface area (Å²) in [5, 5.41) is 0. The Morgan fingerprint density at radius 2 is 1.91 bits per heavy atom. The van der Waals surface area contributed by atoms with E-state index in [4.69, 9.17) is 0 Å². The first-order valence-electron chi connectivity index (χ1n) is 4.77. The van der Waals surface area contributed by atoms with Crippen LogP contribution in [-0.4, -0.2) is 0 Å². The van der Waals surface area contributed by atoms with Gasteiger partial charge in [0.15, 0.2) is 0 Å². The molecule has 1 aliphatic rings. The summed E-state index contributed by atoms with van der Waals surface area (Å²) in [6.07, 6.45) is 10.3. The number of hydrogen-bond acceptors (Lipinski definition) is 0. The first kappa shape index (κ1) is 8.83. The van der Waals surface area contributed by atoms with E-state index in [9.17, 15) is 0 Å². The van der Waals surface area contributed by atoms with Crippen LogP contribution in [0, 0.1) is 11.3 Å². The van der Waals surface area contributed by atoms with E-state index in [2.05, 4.69) is 32.9 Å². The third kappa shape index (κ3) is 2.69. The lowest BCUT2D eigenvalue weighted by atomic mass is 9.78. The molecule has 0 heterocycles. The molecular formula is C11H20. The van der Waals surface area contributed by atoms with Gasteiger partial charge < -0.3 is 0 Å². The van der Waals surface area contributed by atoms with Crippen LogP contribution in [0.25, 0.3) is 0 Å². The third-order valence-electron chi connectivity index (χ3n) is 2.62. The van der Waals surface area contributed by atoms with Crippen LogP contribution in [0.15, 0.2) is 12.2 Å². The highest BCUT2D eigenvalue weighted by Crippen LogP contribution is 2.33. The molecule has 0 spiro atoms. The van der Waals surface area contributed by atoms with Crippen molar-refractivity contribution in [2.45, 2.75) is 46.5 Å². The summed E-state index contributed by atoms with van der Waals surface area (Å²) in [5.74, 6) is 0.810. The van der Waals surface area contributed by atoms with Crippen molar-refractivity contribution in [3.63, 3.8) is 0 Å². The first-order chi connectivity index (χ1) is 5.11. The minimum Gasteiger partial charge on any atom is -0.0882 e. The van der Waals surface area contributed by atoms with Crippen LogP contribution in [0.3, 0.4) is 0 Å². The molecule has 0 fully saturated rings. The quantitative estimate of drug-likeness (QED) is 0.463. The van der Waals surface area contributed by atoms with Crippen molar-refractivity contribution in [3.8, 4) is 0 Å². The van der Waals surface area contributed by atoms with E-state index in [1.54, 1.807) is 0 Å². The first-order valence-corrected chi connectivity index (χ1v) is 4.77. The zero-order valence-electron chi connectivity index (χ0n) is 8.06. The van der Waals surface area contributed by atoms with Gasteiger partial charge in [0.25, 0.3) is 0 Å². The third-order valence-corrected chi connectivity index (χ3v) is 2.62. The van der Waals surface area contributed by atoms with Gasteiger partial charge in [-0.05, 0) is 30.6 Å². The van der Waals surface area contributed by atoms with E-state index in [1.807, 2.05) is 0 Å². The molecular weight excluding hydrogens is 132 g/mol. The largest absolute Gasteiger partial charge is 0.0882 e. The summed E-state index contributed by atoms with van der Waals surface area (Å²) in [7, 11) is 0. The molecule has 0 saturated carbocycles. The van der Waals surface area contributed by atoms with Crippen LogP contribution in [0.5, 0.6) is 0 Å². The molecule has 0 aromatic heterocycles. The second kappa shape index (κ2) is 3.42. The maximum atomic E-state index is 2.42. The van der Waals surface area contributed by atoms with Crippen molar-refractivity contribution in [1.29, 1.82) is 0 Å². The Morgan fingerprint density at radius 1 is 1.18 bits per heavy atom. The Balaban J connectivity index is 2.56. The molecule has 0 saturated heterocycles. The molecule has 11 heavy (non-hydrogen) atoms. The molecule has 1 atom stereocenters. The molecule has 64 valence electrons. The maximum Gasteiger partial charge on any atom is -0.0185 e. The predicted octanol–water partition coefficient (Wildman–Crippen LogP) is 3.78. The van der Waals surface area contributed by atoms with E-state index in [1.165, 1.54) is 25.7 Å². The molecule has 0 bridgehead atoms. The van der Waals surface area contributed by atoms with Crippen LogP contribution in [-0.2, 0) is 0 Å². The topological polar surface area (TPSA) is 0 Å². The molecule has 0 heteroatoms. The van der Waals surface area contributed by atoms with E-state index < -0.39 is 0 Å². The van der Waals surface area contributed by atoms with Crippen LogP contribution in [0.4, 0.5) is 0 Å². The van der Waals surface area contributed by atoms with Crippen LogP contribution in [0.2, 0.25) is 0 Å². The Labute approximate surface area is 70.7 Å². The van der Waals surface area contributed by atoms with Crippen molar-refractivity contribution < 1.29 is 0 Å². The number of hydrogen-bond donors (Lipinski definition) is 0. The van der Waals surface area contributed by atoms with Gasteiger partial charge in [0, 0.05) is 0 Å². The van der Waals surface area contributed by atoms with Gasteiger partial charge in [0.2, 0.25) is 0 Å². The lowest BCUT2D eigenvalue weighted by Gasteiger charge is -2.27. The highest BCUT2D eigenvalue weighted by molar-refractivity contribution is 4.95. The summed E-state index contributed by atoms with van der Waals surface area (Å²) >= 11 is 0. The Hall–Kier alpha value is -0.260. The second-order valence-corrected chi connectivity index (χ2v) is 4.69. The normalized spacial score (nSPS) is 26.6. The average molecular weight is 152 g/mol. The van der Waals surface area contributed by atoms with Crippen molar-refractivity contribution in [3.05, 3.63) is 12.2 Å². The molecule has 0 radical (unpaired) electrons. The zero-order valence-corrected chi connectivity index (χ0v) is 8.06. The van der Waals surface area contributed by atoms with Gasteiger partial charge >= 0.3 is 0 Å². The molecule has 0 aromatic carbocycles. The molecule has 1 aliphatic carbocycles. The van der Waals surface area contributed by atoms with Gasteiger partial charge in [-0.25, -0.2) is 0 Å². The molecule has 0 N–H and O–H groups in total. The van der Waals surface area contributed by atoms with Crippen molar-refractivity contribution in [2.75, 3.05) is 0 Å². The van der Waals surface area contributed by atoms with Gasteiger partial charge in [0.05, 0.1) is 0 Å². The summed E-state index contributed by atoms with van der Waals surface area (Å²) in [5.41, 5.74) is 0.473. The Bertz CT molecular complexity index is 137. The SMILES string of the molecule is CC(C)(C)C1C=CCCCC1. The lowest BCUT2D eigenvalue weighted by molar-refractivity contribution is 0.275. The highest BCUT2D eigenvalue weighted by Gasteiger charge is 2.21. The zero-order chi connectivity index (χ0) is 8.32. The Kier molecular flexibility index (Phi) is 2.75. The van der Waals surface area contributed by atoms with Gasteiger partial charge in [-0.1, -0.05) is 39.3 Å². The predicted molar refractivity (Wildman–Crippen MR) is 50.6 cm³/mol. The summed E-state index contributed by atoms with van der Waals surface area (Å²) in [4.78, 5) is 0. The van der Waals surface area contributed by atoms with Gasteiger partial charge in [-0.2, -0.15) is 0 Å². The fourth-order valence-electron chi connectivity index (χ4n) is 1.70. The Morgan fingerprint density at radius 3 is 2.55 bits per heavy atom. The van der Waals surface area contributed by atoms with Crippen LogP contribution in [0.1, 0.15) is 46.5 Å². The monoisotopic (exact) mass is 152 g/mol. The average Bonchev–Trinajstić information content (AvgIpc) is 2.10. The van der Waals surface area contributed by atoms with Crippen molar-refractivity contribution in [1.82, 2.24) is 0 Å². The van der Waals surface area contributed by atoms with E-state index in [-0.39, 0.29) is 0 Å². The van der Waals surface area contributed by atoms with E-state index >= 15 is 0 Å². The lowest BCUT2D eigenvalue weighted by Crippen LogP contribution is -2.17. The second-order valence-electron chi connectivity index (χ2n) is 4.69. The van der Waals surface area contributed by atoms with Gasteiger partial charge in [-0.15, -0.1) is 0 Å². The molecule has 0 aromatic rings. The van der Waals surface area contributed by atoms with Crippen molar-refractivity contribution >= 4 is 0 Å². The minimum atomic E-state index is 0.473. The minimum absolute atomic E-state index is 0.473. The van der Waals surface area contributed by atoms with E-state index in [0.29, 0.717) is 5.41 Å². The summed E-state index contributed by atoms with van der Waals surface area (Å²) in [6.45, 7) is 7.02. The van der Waals surface area contributed by atoms with Gasteiger partial charge in [-0.3, -0.25) is 0 Å². The smallest absolute Gasteiger partial charge is 0.0185 e. The standard InChI is InChI=1S/C11H20/c1-11(2,3)10-8-6-4-5-7-9-10/h6,8,10H,4-5,7,9H2,1-3H3. The fraction of sp³-hybridized carbons (Fsp3) is 0.818. The van der Waals surface area contributed by atoms with E-state index in [0.717, 1.165) is 5.92 Å².